The van der Waals surface area contributed by atoms with E-state index >= 15 is 0 Å². The van der Waals surface area contributed by atoms with Crippen LogP contribution >= 0.6 is 7.14 Å². The van der Waals surface area contributed by atoms with Crippen molar-refractivity contribution in [2.24, 2.45) is 0 Å². The number of hydrogen-bond donors (Lipinski definition) is 0. The molecule has 0 heterocycles. The van der Waals surface area contributed by atoms with Crippen LogP contribution in [0.5, 0.6) is 0 Å². The standard InChI is InChI=1S/C18H21BP/c1-2-3-4-11-16-20(19,17-12-7-5-8-13-17)18-14-9-6-10-15-18/h5-16H,2-4H2,1H3/q+1/b16-11+. The molecule has 0 aromatic heterocycles. The van der Waals surface area contributed by atoms with Gasteiger partial charge >= 0.3 is 7.57 Å². The maximum atomic E-state index is 6.85. The minimum atomic E-state index is -1.89. The van der Waals surface area contributed by atoms with Gasteiger partial charge in [-0.25, -0.2) is 0 Å². The molecule has 0 aliphatic carbocycles. The number of unbranched alkanes of at least 4 members (excludes halogenated alkanes) is 2. The van der Waals surface area contributed by atoms with Crippen molar-refractivity contribution in [3.8, 4) is 0 Å². The quantitative estimate of drug-likeness (QED) is 0.416. The first kappa shape index (κ1) is 15.1. The van der Waals surface area contributed by atoms with E-state index in [1.54, 1.807) is 0 Å². The summed E-state index contributed by atoms with van der Waals surface area (Å²) in [7, 11) is 4.95. The Hall–Kier alpha value is -1.33. The van der Waals surface area contributed by atoms with Gasteiger partial charge in [-0.05, 0) is 37.1 Å². The third kappa shape index (κ3) is 3.61. The lowest BCUT2D eigenvalue weighted by atomic mass is 10.2. The van der Waals surface area contributed by atoms with Crippen molar-refractivity contribution in [3.63, 3.8) is 0 Å². The van der Waals surface area contributed by atoms with Gasteiger partial charge in [0.15, 0.2) is 0 Å². The normalized spacial score (nSPS) is 11.8. The number of hydrogen-bond acceptors (Lipinski definition) is 0. The highest BCUT2D eigenvalue weighted by Gasteiger charge is 2.34. The zero-order valence-electron chi connectivity index (χ0n) is 12.1. The van der Waals surface area contributed by atoms with E-state index < -0.39 is 7.14 Å². The van der Waals surface area contributed by atoms with E-state index in [-0.39, 0.29) is 0 Å². The molecule has 2 aromatic rings. The molecule has 0 fully saturated rings. The molecule has 0 aliphatic rings. The van der Waals surface area contributed by atoms with Crippen LogP contribution < -0.4 is 10.6 Å². The molecule has 2 radical (unpaired) electrons. The van der Waals surface area contributed by atoms with Crippen molar-refractivity contribution < 1.29 is 0 Å². The van der Waals surface area contributed by atoms with Gasteiger partial charge in [-0.3, -0.25) is 0 Å². The Kier molecular flexibility index (Phi) is 5.62. The number of benzene rings is 2. The van der Waals surface area contributed by atoms with Crippen molar-refractivity contribution in [2.45, 2.75) is 26.2 Å². The average molecular weight is 279 g/mol. The molecule has 0 spiro atoms. The molecule has 0 saturated heterocycles. The van der Waals surface area contributed by atoms with E-state index in [9.17, 15) is 0 Å². The van der Waals surface area contributed by atoms with Crippen molar-refractivity contribution in [1.82, 2.24) is 0 Å². The number of rotatable bonds is 6. The molecule has 20 heavy (non-hydrogen) atoms. The second-order valence-corrected chi connectivity index (χ2v) is 7.86. The van der Waals surface area contributed by atoms with E-state index in [2.05, 4.69) is 67.3 Å². The fourth-order valence-corrected chi connectivity index (χ4v) is 4.69. The van der Waals surface area contributed by atoms with Crippen LogP contribution in [0.15, 0.2) is 72.6 Å². The fourth-order valence-electron chi connectivity index (χ4n) is 2.23. The van der Waals surface area contributed by atoms with Crippen LogP contribution in [-0.4, -0.2) is 7.57 Å². The third-order valence-corrected chi connectivity index (χ3v) is 6.42. The molecule has 0 atom stereocenters. The molecule has 2 heteroatoms. The Morgan fingerprint density at radius 1 is 0.900 bits per heavy atom. The smallest absolute Gasteiger partial charge is 0.0654 e. The van der Waals surface area contributed by atoms with Crippen LogP contribution in [0.2, 0.25) is 0 Å². The van der Waals surface area contributed by atoms with Crippen LogP contribution in [0.25, 0.3) is 0 Å². The molecule has 0 unspecified atom stereocenters. The summed E-state index contributed by atoms with van der Waals surface area (Å²) >= 11 is 0. The van der Waals surface area contributed by atoms with E-state index in [0.717, 1.165) is 6.42 Å². The van der Waals surface area contributed by atoms with Gasteiger partial charge in [-0.2, -0.15) is 0 Å². The first-order chi connectivity index (χ1) is 9.77. The van der Waals surface area contributed by atoms with Gasteiger partial charge in [0.1, 0.15) is 0 Å². The summed E-state index contributed by atoms with van der Waals surface area (Å²) in [5.74, 6) is 2.26. The summed E-state index contributed by atoms with van der Waals surface area (Å²) in [6.07, 6.45) is 5.81. The summed E-state index contributed by atoms with van der Waals surface area (Å²) in [6.45, 7) is 2.22. The fraction of sp³-hybridized carbons (Fsp3) is 0.222. The lowest BCUT2D eigenvalue weighted by Gasteiger charge is -2.19. The van der Waals surface area contributed by atoms with Gasteiger partial charge in [0.2, 0.25) is 0 Å². The predicted octanol–water partition coefficient (Wildman–Crippen LogP) is 4.44. The molecule has 0 N–H and O–H groups in total. The first-order valence-electron chi connectivity index (χ1n) is 7.23. The van der Waals surface area contributed by atoms with Crippen molar-refractivity contribution in [1.29, 1.82) is 0 Å². The van der Waals surface area contributed by atoms with Gasteiger partial charge in [0.05, 0.1) is 17.8 Å². The van der Waals surface area contributed by atoms with Crippen molar-refractivity contribution >= 4 is 25.3 Å². The van der Waals surface area contributed by atoms with Crippen LogP contribution in [0.1, 0.15) is 26.2 Å². The Morgan fingerprint density at radius 3 is 1.85 bits per heavy atom. The van der Waals surface area contributed by atoms with Crippen LogP contribution in [-0.2, 0) is 0 Å². The van der Waals surface area contributed by atoms with Crippen LogP contribution in [0, 0.1) is 0 Å². The molecule has 0 nitrogen and oxygen atoms in total. The maximum absolute atomic E-state index is 6.85. The summed E-state index contributed by atoms with van der Waals surface area (Å²) in [5.41, 5.74) is 0. The molecule has 2 aromatic carbocycles. The van der Waals surface area contributed by atoms with Gasteiger partial charge in [-0.1, -0.05) is 55.8 Å². The summed E-state index contributed by atoms with van der Waals surface area (Å²) < 4.78 is 0. The SMILES string of the molecule is [B][P+](/C=C/CCCC)(c1ccccc1)c1ccccc1. The van der Waals surface area contributed by atoms with Gasteiger partial charge in [-0.15, -0.1) is 0 Å². The van der Waals surface area contributed by atoms with Crippen LogP contribution in [0.3, 0.4) is 0 Å². The van der Waals surface area contributed by atoms with E-state index in [0.29, 0.717) is 0 Å². The lowest BCUT2D eigenvalue weighted by Crippen LogP contribution is -2.20. The van der Waals surface area contributed by atoms with Gasteiger partial charge in [0.25, 0.3) is 0 Å². The van der Waals surface area contributed by atoms with E-state index in [1.807, 2.05) is 12.1 Å². The monoisotopic (exact) mass is 279 g/mol. The summed E-state index contributed by atoms with van der Waals surface area (Å²) in [4.78, 5) is 0. The highest BCUT2D eigenvalue weighted by molar-refractivity contribution is 8.10. The first-order valence-corrected chi connectivity index (χ1v) is 9.16. The Morgan fingerprint density at radius 2 is 1.40 bits per heavy atom. The van der Waals surface area contributed by atoms with Gasteiger partial charge < -0.3 is 0 Å². The molecule has 0 bridgehead atoms. The maximum Gasteiger partial charge on any atom is 0.382 e. The Bertz CT molecular complexity index is 494. The highest BCUT2D eigenvalue weighted by atomic mass is 31.2. The lowest BCUT2D eigenvalue weighted by molar-refractivity contribution is 0.815. The zero-order chi connectivity index (χ0) is 14.3. The predicted molar refractivity (Wildman–Crippen MR) is 93.5 cm³/mol. The largest absolute Gasteiger partial charge is 0.382 e. The highest BCUT2D eigenvalue weighted by Crippen LogP contribution is 2.53. The Balaban J connectivity index is 2.36. The third-order valence-electron chi connectivity index (χ3n) is 3.43. The van der Waals surface area contributed by atoms with E-state index in [1.165, 1.54) is 23.5 Å². The molecule has 100 valence electrons. The summed E-state index contributed by atoms with van der Waals surface area (Å²) in [6, 6.07) is 20.9. The molecular formula is C18H21BP+. The van der Waals surface area contributed by atoms with Crippen molar-refractivity contribution in [2.75, 3.05) is 0 Å². The zero-order valence-corrected chi connectivity index (χ0v) is 13.0. The molecule has 0 saturated carbocycles. The van der Waals surface area contributed by atoms with Crippen LogP contribution in [0.4, 0.5) is 0 Å². The summed E-state index contributed by atoms with van der Waals surface area (Å²) in [5, 5.41) is 2.47. The minimum Gasteiger partial charge on any atom is -0.0654 e. The average Bonchev–Trinajstić information content (AvgIpc) is 2.53. The second-order valence-electron chi connectivity index (χ2n) is 4.98. The van der Waals surface area contributed by atoms with Gasteiger partial charge in [0, 0.05) is 5.82 Å². The molecule has 0 amide bonds. The minimum absolute atomic E-state index is 1.11. The molecule has 0 aliphatic heterocycles. The molecular weight excluding hydrogens is 258 g/mol. The Labute approximate surface area is 124 Å². The van der Waals surface area contributed by atoms with Crippen molar-refractivity contribution in [3.05, 3.63) is 72.6 Å². The second kappa shape index (κ2) is 7.46. The molecule has 2 rings (SSSR count). The number of allylic oxidation sites excluding steroid dienone is 1. The van der Waals surface area contributed by atoms with E-state index in [4.69, 9.17) is 7.57 Å². The topological polar surface area (TPSA) is 0 Å².